The van der Waals surface area contributed by atoms with E-state index >= 15 is 0 Å². The van der Waals surface area contributed by atoms with Gasteiger partial charge in [0, 0.05) is 11.5 Å². The Labute approximate surface area is 114 Å². The molecule has 0 N–H and O–H groups in total. The number of halogens is 1. The molecule has 18 heavy (non-hydrogen) atoms. The third-order valence-corrected chi connectivity index (χ3v) is 3.84. The number of nitrogens with zero attached hydrogens (tertiary/aromatic N) is 1. The van der Waals surface area contributed by atoms with Gasteiger partial charge in [0.05, 0.1) is 10.6 Å². The maximum Gasteiger partial charge on any atom is 0.101 e. The average molecular weight is 258 g/mol. The standard InChI is InChI=1S/C16H16ClN/c1-12-2-4-13(5-3-12)6-7-14-8-9-15(11-18)16(17)10-14/h8-10,12-13H,2-5H2,1H3/t12-,13-. The van der Waals surface area contributed by atoms with Crippen LogP contribution in [0, 0.1) is 35.0 Å². The van der Waals surface area contributed by atoms with Crippen molar-refractivity contribution in [2.45, 2.75) is 32.6 Å². The summed E-state index contributed by atoms with van der Waals surface area (Å²) in [5, 5.41) is 9.28. The van der Waals surface area contributed by atoms with Crippen LogP contribution in [0.3, 0.4) is 0 Å². The third-order valence-electron chi connectivity index (χ3n) is 3.53. The van der Waals surface area contributed by atoms with Gasteiger partial charge in [-0.2, -0.15) is 5.26 Å². The molecule has 1 saturated carbocycles. The highest BCUT2D eigenvalue weighted by atomic mass is 35.5. The molecule has 1 aliphatic carbocycles. The minimum atomic E-state index is 0.488. The molecule has 0 aromatic heterocycles. The largest absolute Gasteiger partial charge is 0.192 e. The SMILES string of the molecule is C[C@H]1CC[C@H](C#Cc2ccc(C#N)c(Cl)c2)CC1. The van der Waals surface area contributed by atoms with Crippen molar-refractivity contribution in [2.75, 3.05) is 0 Å². The van der Waals surface area contributed by atoms with Crippen molar-refractivity contribution in [1.82, 2.24) is 0 Å². The molecule has 0 bridgehead atoms. The van der Waals surface area contributed by atoms with E-state index in [1.807, 2.05) is 6.07 Å². The second-order valence-corrected chi connectivity index (χ2v) is 5.44. The molecule has 1 aromatic rings. The van der Waals surface area contributed by atoms with Crippen LogP contribution in [-0.4, -0.2) is 0 Å². The molecular weight excluding hydrogens is 242 g/mol. The fraction of sp³-hybridized carbons (Fsp3) is 0.438. The Kier molecular flexibility index (Phi) is 4.29. The second-order valence-electron chi connectivity index (χ2n) is 5.03. The zero-order chi connectivity index (χ0) is 13.0. The maximum absolute atomic E-state index is 8.80. The normalized spacial score (nSPS) is 22.7. The van der Waals surface area contributed by atoms with E-state index in [2.05, 4.69) is 24.8 Å². The van der Waals surface area contributed by atoms with Crippen LogP contribution in [0.25, 0.3) is 0 Å². The number of hydrogen-bond donors (Lipinski definition) is 0. The van der Waals surface area contributed by atoms with Gasteiger partial charge in [-0.3, -0.25) is 0 Å². The summed E-state index contributed by atoms with van der Waals surface area (Å²) in [6.07, 6.45) is 4.98. The third kappa shape index (κ3) is 3.28. The summed E-state index contributed by atoms with van der Waals surface area (Å²) in [7, 11) is 0. The predicted molar refractivity (Wildman–Crippen MR) is 74.2 cm³/mol. The van der Waals surface area contributed by atoms with Crippen molar-refractivity contribution in [3.8, 4) is 17.9 Å². The van der Waals surface area contributed by atoms with E-state index in [0.717, 1.165) is 11.5 Å². The number of rotatable bonds is 0. The van der Waals surface area contributed by atoms with Gasteiger partial charge < -0.3 is 0 Å². The summed E-state index contributed by atoms with van der Waals surface area (Å²) in [6.45, 7) is 2.31. The fourth-order valence-electron chi connectivity index (χ4n) is 2.27. The van der Waals surface area contributed by atoms with E-state index in [4.69, 9.17) is 16.9 Å². The van der Waals surface area contributed by atoms with Gasteiger partial charge in [-0.1, -0.05) is 30.4 Å². The molecule has 1 aromatic carbocycles. The van der Waals surface area contributed by atoms with Crippen LogP contribution in [0.4, 0.5) is 0 Å². The summed E-state index contributed by atoms with van der Waals surface area (Å²) in [6, 6.07) is 7.42. The topological polar surface area (TPSA) is 23.8 Å². The number of hydrogen-bond acceptors (Lipinski definition) is 1. The summed E-state index contributed by atoms with van der Waals surface area (Å²) < 4.78 is 0. The lowest BCUT2D eigenvalue weighted by Crippen LogP contribution is -2.10. The molecule has 0 unspecified atom stereocenters. The van der Waals surface area contributed by atoms with Crippen LogP contribution in [0.15, 0.2) is 18.2 Å². The van der Waals surface area contributed by atoms with Gasteiger partial charge in [0.2, 0.25) is 0 Å². The highest BCUT2D eigenvalue weighted by molar-refractivity contribution is 6.31. The van der Waals surface area contributed by atoms with Crippen molar-refractivity contribution in [3.63, 3.8) is 0 Å². The quantitative estimate of drug-likeness (QED) is 0.633. The molecule has 0 radical (unpaired) electrons. The number of benzene rings is 1. The molecule has 0 atom stereocenters. The van der Waals surface area contributed by atoms with E-state index in [1.165, 1.54) is 25.7 Å². The van der Waals surface area contributed by atoms with Crippen LogP contribution in [-0.2, 0) is 0 Å². The molecule has 1 fully saturated rings. The average Bonchev–Trinajstić information content (AvgIpc) is 2.38. The van der Waals surface area contributed by atoms with Crippen LogP contribution in [0.1, 0.15) is 43.7 Å². The lowest BCUT2D eigenvalue weighted by Gasteiger charge is -2.21. The van der Waals surface area contributed by atoms with Crippen LogP contribution < -0.4 is 0 Å². The monoisotopic (exact) mass is 257 g/mol. The highest BCUT2D eigenvalue weighted by Gasteiger charge is 2.15. The first-order valence-electron chi connectivity index (χ1n) is 6.40. The van der Waals surface area contributed by atoms with Gasteiger partial charge in [0.15, 0.2) is 0 Å². The van der Waals surface area contributed by atoms with E-state index in [9.17, 15) is 0 Å². The van der Waals surface area contributed by atoms with Gasteiger partial charge in [-0.15, -0.1) is 0 Å². The molecule has 1 nitrogen and oxygen atoms in total. The first-order valence-corrected chi connectivity index (χ1v) is 6.78. The Morgan fingerprint density at radius 2 is 1.94 bits per heavy atom. The minimum absolute atomic E-state index is 0.488. The first kappa shape index (κ1) is 13.0. The smallest absolute Gasteiger partial charge is 0.101 e. The van der Waals surface area contributed by atoms with Crippen LogP contribution in [0.2, 0.25) is 5.02 Å². The molecular formula is C16H16ClN. The summed E-state index contributed by atoms with van der Waals surface area (Å²) in [5.41, 5.74) is 1.41. The molecule has 0 amide bonds. The van der Waals surface area contributed by atoms with Crippen LogP contribution >= 0.6 is 11.6 Å². The molecule has 0 spiro atoms. The zero-order valence-electron chi connectivity index (χ0n) is 10.5. The molecule has 0 aliphatic heterocycles. The number of nitriles is 1. The maximum atomic E-state index is 8.80. The Balaban J connectivity index is 2.06. The Morgan fingerprint density at radius 3 is 2.56 bits per heavy atom. The van der Waals surface area contributed by atoms with Crippen molar-refractivity contribution >= 4 is 11.6 Å². The van der Waals surface area contributed by atoms with E-state index in [1.54, 1.807) is 12.1 Å². The first-order chi connectivity index (χ1) is 8.69. The van der Waals surface area contributed by atoms with Crippen molar-refractivity contribution < 1.29 is 0 Å². The summed E-state index contributed by atoms with van der Waals surface area (Å²) >= 11 is 5.98. The Bertz CT molecular complexity index is 522. The Hall–Kier alpha value is -1.44. The van der Waals surface area contributed by atoms with Crippen LogP contribution in [0.5, 0.6) is 0 Å². The molecule has 2 rings (SSSR count). The van der Waals surface area contributed by atoms with Gasteiger partial charge in [0.25, 0.3) is 0 Å². The lowest BCUT2D eigenvalue weighted by atomic mass is 9.83. The molecule has 92 valence electrons. The fourth-order valence-corrected chi connectivity index (χ4v) is 2.50. The molecule has 0 heterocycles. The van der Waals surface area contributed by atoms with Crippen molar-refractivity contribution in [1.29, 1.82) is 5.26 Å². The van der Waals surface area contributed by atoms with E-state index < -0.39 is 0 Å². The second kappa shape index (κ2) is 5.94. The van der Waals surface area contributed by atoms with Gasteiger partial charge >= 0.3 is 0 Å². The molecule has 0 saturated heterocycles. The molecule has 1 aliphatic rings. The predicted octanol–water partition coefficient (Wildman–Crippen LogP) is 4.39. The summed E-state index contributed by atoms with van der Waals surface area (Å²) in [5.74, 6) is 7.89. The highest BCUT2D eigenvalue weighted by Crippen LogP contribution is 2.27. The minimum Gasteiger partial charge on any atom is -0.192 e. The van der Waals surface area contributed by atoms with Crippen molar-refractivity contribution in [3.05, 3.63) is 34.3 Å². The van der Waals surface area contributed by atoms with Gasteiger partial charge in [0.1, 0.15) is 6.07 Å². The zero-order valence-corrected chi connectivity index (χ0v) is 11.3. The van der Waals surface area contributed by atoms with Gasteiger partial charge in [-0.25, -0.2) is 0 Å². The van der Waals surface area contributed by atoms with Crippen molar-refractivity contribution in [2.24, 2.45) is 11.8 Å². The Morgan fingerprint density at radius 1 is 1.22 bits per heavy atom. The molecule has 2 heteroatoms. The van der Waals surface area contributed by atoms with Gasteiger partial charge in [-0.05, 0) is 49.8 Å². The van der Waals surface area contributed by atoms with E-state index in [0.29, 0.717) is 16.5 Å². The summed E-state index contributed by atoms with van der Waals surface area (Å²) in [4.78, 5) is 0. The lowest BCUT2D eigenvalue weighted by molar-refractivity contribution is 0.337. The van der Waals surface area contributed by atoms with E-state index in [-0.39, 0.29) is 0 Å².